The van der Waals surface area contributed by atoms with Gasteiger partial charge in [0.25, 0.3) is 0 Å². The van der Waals surface area contributed by atoms with Crippen molar-refractivity contribution in [3.8, 4) is 0 Å². The minimum atomic E-state index is 0.157. The van der Waals surface area contributed by atoms with E-state index in [2.05, 4.69) is 5.38 Å². The minimum Gasteiger partial charge on any atom is -0.381 e. The summed E-state index contributed by atoms with van der Waals surface area (Å²) in [7, 11) is 0. The lowest BCUT2D eigenvalue weighted by molar-refractivity contribution is 0.154. The van der Waals surface area contributed by atoms with E-state index in [-0.39, 0.29) is 5.41 Å². The second-order valence-corrected chi connectivity index (χ2v) is 5.49. The molecule has 2 nitrogen and oxygen atoms in total. The lowest BCUT2D eigenvalue weighted by Gasteiger charge is -2.24. The van der Waals surface area contributed by atoms with Gasteiger partial charge in [0.05, 0.1) is 10.9 Å². The average molecular weight is 232 g/mol. The first-order valence-electron chi connectivity index (χ1n) is 4.75. The minimum absolute atomic E-state index is 0.157. The molecule has 2 heterocycles. The molecule has 1 aromatic heterocycles. The van der Waals surface area contributed by atoms with Gasteiger partial charge in [-0.15, -0.1) is 11.3 Å². The van der Waals surface area contributed by atoms with Gasteiger partial charge in [-0.05, 0) is 29.9 Å². The summed E-state index contributed by atoms with van der Waals surface area (Å²) in [5.74, 6) is 0. The number of ether oxygens (including phenoxy) is 1. The van der Waals surface area contributed by atoms with Crippen LogP contribution in [0.5, 0.6) is 0 Å². The first-order valence-corrected chi connectivity index (χ1v) is 6.01. The topological polar surface area (TPSA) is 35.2 Å². The summed E-state index contributed by atoms with van der Waals surface area (Å²) >= 11 is 7.47. The quantitative estimate of drug-likeness (QED) is 0.867. The summed E-state index contributed by atoms with van der Waals surface area (Å²) in [6.07, 6.45) is 2.06. The molecule has 0 bridgehead atoms. The predicted molar refractivity (Wildman–Crippen MR) is 60.0 cm³/mol. The molecule has 0 radical (unpaired) electrons. The Morgan fingerprint density at radius 1 is 1.64 bits per heavy atom. The van der Waals surface area contributed by atoms with Crippen LogP contribution in [0.3, 0.4) is 0 Å². The van der Waals surface area contributed by atoms with E-state index < -0.39 is 0 Å². The molecule has 1 atom stereocenters. The van der Waals surface area contributed by atoms with Crippen molar-refractivity contribution in [1.29, 1.82) is 0 Å². The van der Waals surface area contributed by atoms with Crippen LogP contribution in [-0.2, 0) is 11.2 Å². The molecule has 0 aliphatic carbocycles. The molecule has 2 rings (SSSR count). The van der Waals surface area contributed by atoms with Crippen molar-refractivity contribution < 1.29 is 4.74 Å². The second kappa shape index (κ2) is 4.19. The monoisotopic (exact) mass is 231 g/mol. The molecule has 0 aromatic carbocycles. The standard InChI is InChI=1S/C10H14ClNOS/c11-9-3-8(5-14-9)4-10(6-12)1-2-13-7-10/h3,5H,1-2,4,6-7,12H2. The molecule has 1 aliphatic rings. The first kappa shape index (κ1) is 10.4. The second-order valence-electron chi connectivity index (χ2n) is 3.94. The van der Waals surface area contributed by atoms with Crippen molar-refractivity contribution in [2.45, 2.75) is 12.8 Å². The highest BCUT2D eigenvalue weighted by atomic mass is 35.5. The highest BCUT2D eigenvalue weighted by Crippen LogP contribution is 2.33. The van der Waals surface area contributed by atoms with E-state index >= 15 is 0 Å². The summed E-state index contributed by atoms with van der Waals surface area (Å²) in [6, 6.07) is 2.03. The van der Waals surface area contributed by atoms with E-state index in [1.165, 1.54) is 5.56 Å². The van der Waals surface area contributed by atoms with Crippen LogP contribution in [-0.4, -0.2) is 19.8 Å². The molecule has 1 saturated heterocycles. The first-order chi connectivity index (χ1) is 6.74. The molecule has 1 aliphatic heterocycles. The van der Waals surface area contributed by atoms with Gasteiger partial charge in [-0.2, -0.15) is 0 Å². The Kier molecular flexibility index (Phi) is 3.12. The van der Waals surface area contributed by atoms with Crippen molar-refractivity contribution >= 4 is 22.9 Å². The Bertz CT molecular complexity index is 307. The number of hydrogen-bond acceptors (Lipinski definition) is 3. The van der Waals surface area contributed by atoms with Crippen LogP contribution in [0.2, 0.25) is 4.34 Å². The number of thiophene rings is 1. The zero-order chi connectivity index (χ0) is 10.0. The molecule has 2 N–H and O–H groups in total. The molecule has 1 aromatic rings. The van der Waals surface area contributed by atoms with Crippen molar-refractivity contribution in [2.24, 2.45) is 11.1 Å². The van der Waals surface area contributed by atoms with Gasteiger partial charge in [-0.25, -0.2) is 0 Å². The molecule has 4 heteroatoms. The summed E-state index contributed by atoms with van der Waals surface area (Å²) in [6.45, 7) is 2.33. The number of halogens is 1. The summed E-state index contributed by atoms with van der Waals surface area (Å²) in [4.78, 5) is 0. The van der Waals surface area contributed by atoms with Crippen molar-refractivity contribution in [3.05, 3.63) is 21.3 Å². The molecule has 1 unspecified atom stereocenters. The number of rotatable bonds is 3. The number of nitrogens with two attached hydrogens (primary N) is 1. The Balaban J connectivity index is 2.08. The van der Waals surface area contributed by atoms with Gasteiger partial charge < -0.3 is 10.5 Å². The fraction of sp³-hybridized carbons (Fsp3) is 0.600. The van der Waals surface area contributed by atoms with Crippen LogP contribution in [0, 0.1) is 5.41 Å². The van der Waals surface area contributed by atoms with Crippen molar-refractivity contribution in [2.75, 3.05) is 19.8 Å². The molecular formula is C10H14ClNOS. The molecular weight excluding hydrogens is 218 g/mol. The van der Waals surface area contributed by atoms with E-state index in [9.17, 15) is 0 Å². The summed E-state index contributed by atoms with van der Waals surface area (Å²) < 4.78 is 6.27. The average Bonchev–Trinajstić information content (AvgIpc) is 2.77. The SMILES string of the molecule is NCC1(Cc2csc(Cl)c2)CCOC1. The van der Waals surface area contributed by atoms with Gasteiger partial charge in [0.15, 0.2) is 0 Å². The van der Waals surface area contributed by atoms with Gasteiger partial charge in [0.1, 0.15) is 0 Å². The Morgan fingerprint density at radius 2 is 2.50 bits per heavy atom. The van der Waals surface area contributed by atoms with E-state index in [1.807, 2.05) is 6.07 Å². The molecule has 14 heavy (non-hydrogen) atoms. The Hall–Kier alpha value is -0.0900. The van der Waals surface area contributed by atoms with Crippen LogP contribution in [0.15, 0.2) is 11.4 Å². The third-order valence-corrected chi connectivity index (χ3v) is 3.96. The van der Waals surface area contributed by atoms with Crippen molar-refractivity contribution in [3.63, 3.8) is 0 Å². The highest BCUT2D eigenvalue weighted by molar-refractivity contribution is 7.14. The number of hydrogen-bond donors (Lipinski definition) is 1. The maximum atomic E-state index is 5.89. The lowest BCUT2D eigenvalue weighted by Crippen LogP contribution is -2.33. The fourth-order valence-corrected chi connectivity index (χ4v) is 2.80. The van der Waals surface area contributed by atoms with Gasteiger partial charge in [0, 0.05) is 18.6 Å². The highest BCUT2D eigenvalue weighted by Gasteiger charge is 2.33. The van der Waals surface area contributed by atoms with Gasteiger partial charge in [-0.1, -0.05) is 11.6 Å². The van der Waals surface area contributed by atoms with E-state index in [0.717, 1.165) is 30.4 Å². The van der Waals surface area contributed by atoms with Crippen LogP contribution in [0.4, 0.5) is 0 Å². The van der Waals surface area contributed by atoms with E-state index in [0.29, 0.717) is 6.54 Å². The van der Waals surface area contributed by atoms with Gasteiger partial charge in [0.2, 0.25) is 0 Å². The van der Waals surface area contributed by atoms with E-state index in [4.69, 9.17) is 22.1 Å². The lowest BCUT2D eigenvalue weighted by atomic mass is 9.82. The molecule has 78 valence electrons. The zero-order valence-electron chi connectivity index (χ0n) is 7.96. The molecule has 1 fully saturated rings. The third kappa shape index (κ3) is 2.11. The van der Waals surface area contributed by atoms with Crippen LogP contribution in [0.25, 0.3) is 0 Å². The Labute approximate surface area is 93.0 Å². The largest absolute Gasteiger partial charge is 0.381 e. The fourth-order valence-electron chi connectivity index (χ4n) is 1.89. The normalized spacial score (nSPS) is 27.0. The zero-order valence-corrected chi connectivity index (χ0v) is 9.53. The van der Waals surface area contributed by atoms with Crippen molar-refractivity contribution in [1.82, 2.24) is 0 Å². The summed E-state index contributed by atoms with van der Waals surface area (Å²) in [5, 5.41) is 2.11. The van der Waals surface area contributed by atoms with E-state index in [1.54, 1.807) is 11.3 Å². The predicted octanol–water partition coefficient (Wildman–Crippen LogP) is 2.31. The molecule has 0 spiro atoms. The maximum absolute atomic E-state index is 5.89. The maximum Gasteiger partial charge on any atom is 0.0931 e. The van der Waals surface area contributed by atoms with Crippen LogP contribution >= 0.6 is 22.9 Å². The van der Waals surface area contributed by atoms with Crippen LogP contribution < -0.4 is 5.73 Å². The smallest absolute Gasteiger partial charge is 0.0931 e. The summed E-state index contributed by atoms with van der Waals surface area (Å²) in [5.41, 5.74) is 7.26. The van der Waals surface area contributed by atoms with Crippen LogP contribution in [0.1, 0.15) is 12.0 Å². The Morgan fingerprint density at radius 3 is 3.00 bits per heavy atom. The third-order valence-electron chi connectivity index (χ3n) is 2.82. The molecule has 0 saturated carbocycles. The van der Waals surface area contributed by atoms with Gasteiger partial charge >= 0.3 is 0 Å². The molecule has 0 amide bonds. The van der Waals surface area contributed by atoms with Gasteiger partial charge in [-0.3, -0.25) is 0 Å².